The molecule has 134 valence electrons. The van der Waals surface area contributed by atoms with E-state index in [0.29, 0.717) is 17.7 Å². The molecule has 2 aliphatic heterocycles. The molecule has 1 saturated heterocycles. The minimum absolute atomic E-state index is 0.378. The van der Waals surface area contributed by atoms with Gasteiger partial charge < -0.3 is 4.74 Å². The minimum atomic E-state index is -0.741. The van der Waals surface area contributed by atoms with Crippen molar-refractivity contribution in [2.75, 3.05) is 20.7 Å². The zero-order valence-electron chi connectivity index (χ0n) is 15.0. The number of amidine groups is 1. The lowest BCUT2D eigenvalue weighted by atomic mass is 10.1. The molecule has 2 aliphatic rings. The fourth-order valence-electron chi connectivity index (χ4n) is 3.16. The van der Waals surface area contributed by atoms with Crippen LogP contribution >= 0.6 is 0 Å². The third kappa shape index (κ3) is 2.59. The van der Waals surface area contributed by atoms with Gasteiger partial charge in [0.05, 0.1) is 13.7 Å². The van der Waals surface area contributed by atoms with Gasteiger partial charge in [0.2, 0.25) is 11.9 Å². The molecule has 3 rings (SSSR count). The van der Waals surface area contributed by atoms with Gasteiger partial charge in [-0.1, -0.05) is 18.8 Å². The summed E-state index contributed by atoms with van der Waals surface area (Å²) in [5, 5.41) is 0. The number of aliphatic imine (C=N–C) groups is 1. The van der Waals surface area contributed by atoms with Crippen LogP contribution in [0.2, 0.25) is 0 Å². The number of carbonyl (C=O) groups is 3. The van der Waals surface area contributed by atoms with Crippen molar-refractivity contribution in [1.29, 1.82) is 0 Å². The van der Waals surface area contributed by atoms with Crippen LogP contribution in [0.5, 0.6) is 0 Å². The highest BCUT2D eigenvalue weighted by Crippen LogP contribution is 2.29. The zero-order valence-corrected chi connectivity index (χ0v) is 15.0. The summed E-state index contributed by atoms with van der Waals surface area (Å²) in [7, 11) is 2.77. The van der Waals surface area contributed by atoms with Gasteiger partial charge in [0.15, 0.2) is 0 Å². The lowest BCUT2D eigenvalue weighted by Crippen LogP contribution is -2.63. The van der Waals surface area contributed by atoms with E-state index in [2.05, 4.69) is 23.6 Å². The number of ether oxygens (including phenoxy) is 1. The Bertz CT molecular complexity index is 795. The molecule has 1 unspecified atom stereocenters. The fraction of sp³-hybridized carbons (Fsp3) is 0.562. The van der Waals surface area contributed by atoms with E-state index in [4.69, 9.17) is 0 Å². The standard InChI is InChI=1S/C16H22N5O4/c1-9(2)6-19-10(3)7-20-12-13(17-15(19)20)18(4)16(24)21(14(12)23)8-11(22)25-5/h7,9,12H,6,8H2,1-5H3/q+1. The number of hydrogen-bond donors (Lipinski definition) is 0. The molecule has 0 bridgehead atoms. The molecule has 25 heavy (non-hydrogen) atoms. The summed E-state index contributed by atoms with van der Waals surface area (Å²) in [6.07, 6.45) is 1.86. The Labute approximate surface area is 145 Å². The number of urea groups is 1. The fourth-order valence-corrected chi connectivity index (χ4v) is 3.16. The van der Waals surface area contributed by atoms with Gasteiger partial charge in [0.1, 0.15) is 18.4 Å². The van der Waals surface area contributed by atoms with E-state index < -0.39 is 30.5 Å². The second-order valence-electron chi connectivity index (χ2n) is 6.70. The van der Waals surface area contributed by atoms with Crippen molar-refractivity contribution in [3.05, 3.63) is 11.9 Å². The molecule has 1 fully saturated rings. The molecule has 3 heterocycles. The van der Waals surface area contributed by atoms with Crippen LogP contribution < -0.4 is 4.57 Å². The molecule has 9 nitrogen and oxygen atoms in total. The normalized spacial score (nSPS) is 19.3. The second kappa shape index (κ2) is 5.98. The number of fused-ring (bicyclic) bond motifs is 3. The Hall–Kier alpha value is -2.71. The minimum Gasteiger partial charge on any atom is -0.468 e. The van der Waals surface area contributed by atoms with Crippen LogP contribution in [0.3, 0.4) is 0 Å². The van der Waals surface area contributed by atoms with Gasteiger partial charge in [-0.25, -0.2) is 18.8 Å². The molecule has 1 aromatic rings. The first kappa shape index (κ1) is 17.1. The number of likely N-dealkylation sites (N-methyl/N-ethyl adjacent to an activating group) is 1. The lowest BCUT2D eigenvalue weighted by Gasteiger charge is -2.32. The molecule has 1 aromatic heterocycles. The number of carbonyl (C=O) groups excluding carboxylic acids is 3. The Morgan fingerprint density at radius 3 is 2.68 bits per heavy atom. The van der Waals surface area contributed by atoms with Gasteiger partial charge in [-0.15, -0.1) is 0 Å². The molecule has 0 spiro atoms. The number of esters is 1. The summed E-state index contributed by atoms with van der Waals surface area (Å²) in [5.74, 6) is 0.303. The van der Waals surface area contributed by atoms with Gasteiger partial charge in [-0.3, -0.25) is 14.5 Å². The quantitative estimate of drug-likeness (QED) is 0.582. The van der Waals surface area contributed by atoms with Gasteiger partial charge in [-0.05, 0) is 12.8 Å². The van der Waals surface area contributed by atoms with Gasteiger partial charge in [0.25, 0.3) is 5.91 Å². The van der Waals surface area contributed by atoms with Crippen LogP contribution in [0.4, 0.5) is 10.7 Å². The van der Waals surface area contributed by atoms with Crippen molar-refractivity contribution >= 4 is 29.7 Å². The maximum absolute atomic E-state index is 12.9. The average molecular weight is 348 g/mol. The summed E-state index contributed by atoms with van der Waals surface area (Å²) >= 11 is 0. The summed E-state index contributed by atoms with van der Waals surface area (Å²) < 4.78 is 8.39. The van der Waals surface area contributed by atoms with Crippen LogP contribution in [0.25, 0.3) is 0 Å². The van der Waals surface area contributed by atoms with Crippen LogP contribution in [0.1, 0.15) is 25.6 Å². The topological polar surface area (TPSA) is 88.1 Å². The number of imidazole rings is 1. The van der Waals surface area contributed by atoms with Crippen LogP contribution in [-0.2, 0) is 20.9 Å². The van der Waals surface area contributed by atoms with Crippen molar-refractivity contribution in [3.8, 4) is 0 Å². The summed E-state index contributed by atoms with van der Waals surface area (Å²) in [4.78, 5) is 43.7. The van der Waals surface area contributed by atoms with E-state index in [1.54, 1.807) is 11.6 Å². The first-order valence-electron chi connectivity index (χ1n) is 8.12. The Kier molecular flexibility index (Phi) is 4.09. The summed E-state index contributed by atoms with van der Waals surface area (Å²) in [5.41, 5.74) is 0.985. The summed E-state index contributed by atoms with van der Waals surface area (Å²) in [6, 6.07) is -1.32. The summed E-state index contributed by atoms with van der Waals surface area (Å²) in [6.45, 7) is 6.51. The molecular weight excluding hydrogens is 326 g/mol. The van der Waals surface area contributed by atoms with Crippen LogP contribution in [0.15, 0.2) is 11.2 Å². The Morgan fingerprint density at radius 2 is 2.08 bits per heavy atom. The smallest absolute Gasteiger partial charge is 0.401 e. The number of aryl methyl sites for hydroxylation is 1. The third-order valence-corrected chi connectivity index (χ3v) is 4.39. The predicted octanol–water partition coefficient (Wildman–Crippen LogP) is 0.392. The van der Waals surface area contributed by atoms with Crippen molar-refractivity contribution < 1.29 is 23.7 Å². The van der Waals surface area contributed by atoms with Gasteiger partial charge >= 0.3 is 17.9 Å². The average Bonchev–Trinajstić information content (AvgIpc) is 3.05. The molecule has 3 amide bonds. The third-order valence-electron chi connectivity index (χ3n) is 4.39. The van der Waals surface area contributed by atoms with Crippen LogP contribution in [0, 0.1) is 12.8 Å². The maximum atomic E-state index is 12.9. The number of nitrogens with zero attached hydrogens (tertiary/aromatic N) is 5. The van der Waals surface area contributed by atoms with Crippen molar-refractivity contribution in [1.82, 2.24) is 14.4 Å². The van der Waals surface area contributed by atoms with E-state index in [0.717, 1.165) is 17.1 Å². The molecule has 0 aliphatic carbocycles. The first-order chi connectivity index (χ1) is 11.8. The first-order valence-corrected chi connectivity index (χ1v) is 8.12. The van der Waals surface area contributed by atoms with Crippen molar-refractivity contribution in [3.63, 3.8) is 0 Å². The number of hydrogen-bond acceptors (Lipinski definition) is 5. The molecule has 0 radical (unpaired) electrons. The molecular formula is C16H22N5O4+. The second-order valence-corrected chi connectivity index (χ2v) is 6.70. The molecule has 0 saturated carbocycles. The van der Waals surface area contributed by atoms with Crippen molar-refractivity contribution in [2.24, 2.45) is 10.9 Å². The van der Waals surface area contributed by atoms with Crippen molar-refractivity contribution in [2.45, 2.75) is 33.4 Å². The van der Waals surface area contributed by atoms with E-state index in [9.17, 15) is 14.4 Å². The SMILES string of the molecule is COC(=O)CN1C(=O)C2C(=Nc3n(CC(C)C)c(C)c[n+]32)N(C)C1=O. The molecule has 0 N–H and O–H groups in total. The van der Waals surface area contributed by atoms with Crippen LogP contribution in [-0.4, -0.2) is 58.8 Å². The molecule has 0 aromatic carbocycles. The van der Waals surface area contributed by atoms with E-state index in [-0.39, 0.29) is 0 Å². The largest absolute Gasteiger partial charge is 0.468 e. The predicted molar refractivity (Wildman–Crippen MR) is 87.2 cm³/mol. The monoisotopic (exact) mass is 348 g/mol. The number of rotatable bonds is 4. The van der Waals surface area contributed by atoms with E-state index >= 15 is 0 Å². The molecule has 9 heteroatoms. The van der Waals surface area contributed by atoms with E-state index in [1.165, 1.54) is 12.0 Å². The molecule has 1 atom stereocenters. The number of methoxy groups -OCH3 is 1. The Balaban J connectivity index is 2.03. The number of aromatic nitrogens is 2. The highest BCUT2D eigenvalue weighted by molar-refractivity contribution is 6.19. The Morgan fingerprint density at radius 1 is 1.40 bits per heavy atom. The highest BCUT2D eigenvalue weighted by atomic mass is 16.5. The number of amides is 3. The zero-order chi connectivity index (χ0) is 18.5. The van der Waals surface area contributed by atoms with Gasteiger partial charge in [0, 0.05) is 7.05 Å². The lowest BCUT2D eigenvalue weighted by molar-refractivity contribution is -0.677. The van der Waals surface area contributed by atoms with E-state index in [1.807, 2.05) is 17.7 Å². The maximum Gasteiger partial charge on any atom is 0.401 e. The van der Waals surface area contributed by atoms with Gasteiger partial charge in [-0.2, -0.15) is 0 Å². The number of imide groups is 1. The highest BCUT2D eigenvalue weighted by Gasteiger charge is 2.53.